The van der Waals surface area contributed by atoms with E-state index in [0.717, 1.165) is 25.7 Å². The summed E-state index contributed by atoms with van der Waals surface area (Å²) in [6.07, 6.45) is 4.58. The van der Waals surface area contributed by atoms with Gasteiger partial charge in [0, 0.05) is 19.0 Å². The Kier molecular flexibility index (Phi) is 5.40. The number of aliphatic hydroxyl groups excluding tert-OH is 1. The molecule has 1 amide bonds. The molecular weight excluding hydrogens is 216 g/mol. The van der Waals surface area contributed by atoms with Gasteiger partial charge in [-0.2, -0.15) is 0 Å². The molecule has 17 heavy (non-hydrogen) atoms. The highest BCUT2D eigenvalue weighted by molar-refractivity contribution is 5.76. The average molecular weight is 242 g/mol. The largest absolute Gasteiger partial charge is 0.395 e. The van der Waals surface area contributed by atoms with Crippen LogP contribution in [0.5, 0.6) is 0 Å². The van der Waals surface area contributed by atoms with Crippen LogP contribution in [0, 0.1) is 5.41 Å². The normalized spacial score (nSPS) is 16.0. The lowest BCUT2D eigenvalue weighted by molar-refractivity contribution is -0.132. The van der Waals surface area contributed by atoms with Crippen LogP contribution in [0.3, 0.4) is 0 Å². The molecule has 0 radical (unpaired) electrons. The molecule has 1 aliphatic rings. The molecule has 0 saturated heterocycles. The molecule has 1 aliphatic carbocycles. The van der Waals surface area contributed by atoms with Crippen molar-refractivity contribution in [3.63, 3.8) is 0 Å². The predicted molar refractivity (Wildman–Crippen MR) is 68.5 cm³/mol. The second-order valence-corrected chi connectivity index (χ2v) is 5.74. The monoisotopic (exact) mass is 242 g/mol. The number of amides is 1. The molecule has 3 N–H and O–H groups in total. The fraction of sp³-hybridized carbons (Fsp3) is 0.923. The number of carbonyl (C=O) groups is 1. The molecule has 0 aromatic heterocycles. The van der Waals surface area contributed by atoms with Gasteiger partial charge in [-0.25, -0.2) is 0 Å². The van der Waals surface area contributed by atoms with Gasteiger partial charge in [-0.3, -0.25) is 4.79 Å². The summed E-state index contributed by atoms with van der Waals surface area (Å²) in [5.41, 5.74) is 5.70. The van der Waals surface area contributed by atoms with E-state index in [9.17, 15) is 4.79 Å². The lowest BCUT2D eigenvalue weighted by atomic mass is 9.84. The van der Waals surface area contributed by atoms with E-state index in [1.807, 2.05) is 4.90 Å². The Morgan fingerprint density at radius 3 is 2.53 bits per heavy atom. The van der Waals surface area contributed by atoms with Gasteiger partial charge in [0.2, 0.25) is 5.91 Å². The van der Waals surface area contributed by atoms with Crippen LogP contribution >= 0.6 is 0 Å². The van der Waals surface area contributed by atoms with Crippen molar-refractivity contribution in [2.24, 2.45) is 11.1 Å². The van der Waals surface area contributed by atoms with Gasteiger partial charge >= 0.3 is 0 Å². The fourth-order valence-corrected chi connectivity index (χ4v) is 2.11. The van der Waals surface area contributed by atoms with Crippen molar-refractivity contribution < 1.29 is 9.90 Å². The maximum Gasteiger partial charge on any atom is 0.222 e. The van der Waals surface area contributed by atoms with E-state index in [2.05, 4.69) is 13.8 Å². The highest BCUT2D eigenvalue weighted by Gasteiger charge is 2.32. The van der Waals surface area contributed by atoms with E-state index < -0.39 is 0 Å². The SMILES string of the molecule is CC(C)(CCN)CCC(=O)N(CCO)C1CC1. The zero-order valence-electron chi connectivity index (χ0n) is 11.1. The Balaban J connectivity index is 2.36. The molecule has 1 rings (SSSR count). The summed E-state index contributed by atoms with van der Waals surface area (Å²) >= 11 is 0. The number of nitrogens with two attached hydrogens (primary N) is 1. The first-order valence-electron chi connectivity index (χ1n) is 6.60. The van der Waals surface area contributed by atoms with Crippen LogP contribution in [0.1, 0.15) is 46.0 Å². The molecule has 0 atom stereocenters. The van der Waals surface area contributed by atoms with Crippen LogP contribution in [0.2, 0.25) is 0 Å². The van der Waals surface area contributed by atoms with Crippen molar-refractivity contribution in [2.75, 3.05) is 19.7 Å². The van der Waals surface area contributed by atoms with Crippen molar-refractivity contribution in [2.45, 2.75) is 52.0 Å². The number of rotatable bonds is 8. The van der Waals surface area contributed by atoms with Gasteiger partial charge in [-0.1, -0.05) is 13.8 Å². The first-order valence-corrected chi connectivity index (χ1v) is 6.60. The minimum Gasteiger partial charge on any atom is -0.395 e. The first-order chi connectivity index (χ1) is 8.00. The van der Waals surface area contributed by atoms with Crippen LogP contribution < -0.4 is 5.73 Å². The van der Waals surface area contributed by atoms with E-state index in [4.69, 9.17) is 10.8 Å². The third kappa shape index (κ3) is 5.04. The minimum absolute atomic E-state index is 0.0639. The number of hydrogen-bond donors (Lipinski definition) is 2. The van der Waals surface area contributed by atoms with Gasteiger partial charge in [0.05, 0.1) is 6.61 Å². The van der Waals surface area contributed by atoms with E-state index in [1.165, 1.54) is 0 Å². The van der Waals surface area contributed by atoms with Gasteiger partial charge in [-0.05, 0) is 37.6 Å². The molecule has 1 saturated carbocycles. The van der Waals surface area contributed by atoms with Crippen LogP contribution in [-0.4, -0.2) is 41.7 Å². The standard InChI is InChI=1S/C13H26N2O2/c1-13(2,7-8-14)6-5-12(17)15(9-10-16)11-3-4-11/h11,16H,3-10,14H2,1-2H3. The van der Waals surface area contributed by atoms with Crippen LogP contribution in [0.25, 0.3) is 0 Å². The lowest BCUT2D eigenvalue weighted by Crippen LogP contribution is -2.36. The van der Waals surface area contributed by atoms with E-state index in [1.54, 1.807) is 0 Å². The second kappa shape index (κ2) is 6.36. The minimum atomic E-state index is 0.0639. The van der Waals surface area contributed by atoms with Gasteiger partial charge in [0.15, 0.2) is 0 Å². The number of hydrogen-bond acceptors (Lipinski definition) is 3. The van der Waals surface area contributed by atoms with Gasteiger partial charge in [-0.15, -0.1) is 0 Å². The first kappa shape index (κ1) is 14.5. The topological polar surface area (TPSA) is 66.6 Å². The van der Waals surface area contributed by atoms with Gasteiger partial charge < -0.3 is 15.7 Å². The van der Waals surface area contributed by atoms with E-state index >= 15 is 0 Å². The second-order valence-electron chi connectivity index (χ2n) is 5.74. The zero-order chi connectivity index (χ0) is 12.9. The molecule has 100 valence electrons. The summed E-state index contributed by atoms with van der Waals surface area (Å²) in [5, 5.41) is 8.96. The van der Waals surface area contributed by atoms with Crippen molar-refractivity contribution in [3.8, 4) is 0 Å². The Labute approximate surface area is 104 Å². The zero-order valence-corrected chi connectivity index (χ0v) is 11.1. The molecule has 0 heterocycles. The maximum absolute atomic E-state index is 12.0. The molecule has 0 bridgehead atoms. The predicted octanol–water partition coefficient (Wildman–Crippen LogP) is 1.12. The Bertz CT molecular complexity index is 250. The molecule has 0 unspecified atom stereocenters. The number of aliphatic hydroxyl groups is 1. The molecule has 0 aromatic rings. The third-order valence-corrected chi connectivity index (χ3v) is 3.49. The summed E-state index contributed by atoms with van der Waals surface area (Å²) in [5.74, 6) is 0.187. The average Bonchev–Trinajstić information content (AvgIpc) is 3.06. The summed E-state index contributed by atoms with van der Waals surface area (Å²) in [6, 6.07) is 0.396. The summed E-state index contributed by atoms with van der Waals surface area (Å²) in [6.45, 7) is 5.53. The molecular formula is C13H26N2O2. The molecule has 1 fully saturated rings. The van der Waals surface area contributed by atoms with Gasteiger partial charge in [0.1, 0.15) is 0 Å². The van der Waals surface area contributed by atoms with Crippen molar-refractivity contribution in [3.05, 3.63) is 0 Å². The van der Waals surface area contributed by atoms with E-state index in [-0.39, 0.29) is 17.9 Å². The maximum atomic E-state index is 12.0. The van der Waals surface area contributed by atoms with Crippen LogP contribution in [0.15, 0.2) is 0 Å². The summed E-state index contributed by atoms with van der Waals surface area (Å²) in [4.78, 5) is 13.9. The Morgan fingerprint density at radius 2 is 2.06 bits per heavy atom. The summed E-state index contributed by atoms with van der Waals surface area (Å²) in [7, 11) is 0. The van der Waals surface area contributed by atoms with E-state index in [0.29, 0.717) is 25.6 Å². The van der Waals surface area contributed by atoms with Crippen LogP contribution in [-0.2, 0) is 4.79 Å². The number of carbonyl (C=O) groups excluding carboxylic acids is 1. The number of nitrogens with zero attached hydrogens (tertiary/aromatic N) is 1. The lowest BCUT2D eigenvalue weighted by Gasteiger charge is -2.26. The molecule has 0 spiro atoms. The molecule has 4 nitrogen and oxygen atoms in total. The van der Waals surface area contributed by atoms with Crippen LogP contribution in [0.4, 0.5) is 0 Å². The van der Waals surface area contributed by atoms with Crippen molar-refractivity contribution in [1.29, 1.82) is 0 Å². The van der Waals surface area contributed by atoms with Gasteiger partial charge in [0.25, 0.3) is 0 Å². The molecule has 0 aromatic carbocycles. The fourth-order valence-electron chi connectivity index (χ4n) is 2.11. The molecule has 4 heteroatoms. The quantitative estimate of drug-likeness (QED) is 0.670. The third-order valence-electron chi connectivity index (χ3n) is 3.49. The smallest absolute Gasteiger partial charge is 0.222 e. The Morgan fingerprint density at radius 1 is 1.41 bits per heavy atom. The van der Waals surface area contributed by atoms with Crippen molar-refractivity contribution in [1.82, 2.24) is 4.90 Å². The highest BCUT2D eigenvalue weighted by atomic mass is 16.3. The molecule has 0 aliphatic heterocycles. The Hall–Kier alpha value is -0.610. The highest BCUT2D eigenvalue weighted by Crippen LogP contribution is 2.30. The summed E-state index contributed by atoms with van der Waals surface area (Å²) < 4.78 is 0. The van der Waals surface area contributed by atoms with Crippen molar-refractivity contribution >= 4 is 5.91 Å².